The Morgan fingerprint density at radius 3 is 2.61 bits per heavy atom. The fraction of sp³-hybridized carbons (Fsp3) is 0.414. The van der Waals surface area contributed by atoms with Gasteiger partial charge in [-0.15, -0.1) is 0 Å². The first kappa shape index (κ1) is 28.9. The van der Waals surface area contributed by atoms with Gasteiger partial charge in [-0.1, -0.05) is 13.0 Å². The molecule has 4 aromatic rings. The van der Waals surface area contributed by atoms with E-state index < -0.39 is 32.9 Å². The molecule has 218 valence electrons. The smallest absolute Gasteiger partial charge is 0.164 e. The zero-order valence-electron chi connectivity index (χ0n) is 23.6. The topological polar surface area (TPSA) is 93.4 Å². The van der Waals surface area contributed by atoms with Crippen molar-refractivity contribution in [3.63, 3.8) is 0 Å². The fourth-order valence-corrected chi connectivity index (χ4v) is 6.78. The molecule has 1 aliphatic heterocycles. The predicted octanol–water partition coefficient (Wildman–Crippen LogP) is 4.62. The summed E-state index contributed by atoms with van der Waals surface area (Å²) in [6.07, 6.45) is 8.71. The summed E-state index contributed by atoms with van der Waals surface area (Å²) in [6, 6.07) is 4.31. The molecule has 0 amide bonds. The Kier molecular flexibility index (Phi) is 8.23. The van der Waals surface area contributed by atoms with Gasteiger partial charge in [0.2, 0.25) is 0 Å². The van der Waals surface area contributed by atoms with E-state index in [1.54, 1.807) is 37.8 Å². The number of sulfone groups is 1. The quantitative estimate of drug-likeness (QED) is 0.281. The van der Waals surface area contributed by atoms with Gasteiger partial charge in [0.1, 0.15) is 28.6 Å². The third-order valence-electron chi connectivity index (χ3n) is 7.62. The molecule has 9 nitrogen and oxygen atoms in total. The van der Waals surface area contributed by atoms with Crippen LogP contribution in [0.4, 0.5) is 14.6 Å². The van der Waals surface area contributed by atoms with Crippen molar-refractivity contribution < 1.29 is 21.9 Å². The Morgan fingerprint density at radius 2 is 1.90 bits per heavy atom. The summed E-state index contributed by atoms with van der Waals surface area (Å²) in [7, 11) is 2.05. The first-order chi connectivity index (χ1) is 19.6. The number of anilines is 1. The number of pyridine rings is 1. The van der Waals surface area contributed by atoms with Gasteiger partial charge in [0.25, 0.3) is 0 Å². The molecule has 0 saturated carbocycles. The van der Waals surface area contributed by atoms with Crippen molar-refractivity contribution in [2.75, 3.05) is 44.9 Å². The number of likely N-dealkylation sites (tertiary alicyclic amines) is 1. The third kappa shape index (κ3) is 5.89. The summed E-state index contributed by atoms with van der Waals surface area (Å²) < 4.78 is 62.9. The van der Waals surface area contributed by atoms with Gasteiger partial charge in [0, 0.05) is 42.2 Å². The van der Waals surface area contributed by atoms with Crippen LogP contribution in [0.1, 0.15) is 31.7 Å². The molecule has 0 atom stereocenters. The van der Waals surface area contributed by atoms with E-state index in [0.717, 1.165) is 32.0 Å². The highest BCUT2D eigenvalue weighted by Gasteiger charge is 2.26. The van der Waals surface area contributed by atoms with E-state index in [9.17, 15) is 8.42 Å². The van der Waals surface area contributed by atoms with E-state index in [4.69, 9.17) is 9.72 Å². The van der Waals surface area contributed by atoms with Gasteiger partial charge < -0.3 is 14.5 Å². The molecular formula is C29H34F2N6O3S. The molecule has 0 bridgehead atoms. The number of rotatable bonds is 9. The molecule has 1 saturated heterocycles. The molecule has 0 N–H and O–H groups in total. The van der Waals surface area contributed by atoms with Crippen LogP contribution in [0.3, 0.4) is 0 Å². The Bertz CT molecular complexity index is 1670. The minimum atomic E-state index is -3.57. The molecule has 1 aromatic carbocycles. The van der Waals surface area contributed by atoms with Crippen molar-refractivity contribution >= 4 is 26.8 Å². The molecular weight excluding hydrogens is 550 g/mol. The lowest BCUT2D eigenvalue weighted by atomic mass is 10.0. The second kappa shape index (κ2) is 11.7. The maximum absolute atomic E-state index is 15.9. The second-order valence-electron chi connectivity index (χ2n) is 10.5. The van der Waals surface area contributed by atoms with Crippen molar-refractivity contribution in [1.29, 1.82) is 0 Å². The number of hydrogen-bond acceptors (Lipinski definition) is 8. The normalized spacial score (nSPS) is 15.0. The van der Waals surface area contributed by atoms with E-state index in [-0.39, 0.29) is 23.0 Å². The largest absolute Gasteiger partial charge is 0.495 e. The summed E-state index contributed by atoms with van der Waals surface area (Å²) in [5, 5.41) is 0. The van der Waals surface area contributed by atoms with Gasteiger partial charge in [-0.3, -0.25) is 9.55 Å². The Morgan fingerprint density at radius 1 is 1.15 bits per heavy atom. The lowest BCUT2D eigenvalue weighted by molar-refractivity contribution is 0.252. The number of piperidine rings is 1. The molecule has 5 rings (SSSR count). The van der Waals surface area contributed by atoms with Crippen LogP contribution in [-0.4, -0.2) is 78.9 Å². The van der Waals surface area contributed by atoms with Crippen LogP contribution < -0.4 is 9.64 Å². The maximum Gasteiger partial charge on any atom is 0.164 e. The highest BCUT2D eigenvalue weighted by Crippen LogP contribution is 2.35. The number of hydrogen-bond donors (Lipinski definition) is 0. The van der Waals surface area contributed by atoms with Crippen molar-refractivity contribution in [3.8, 4) is 22.6 Å². The number of ether oxygens (including phenoxy) is 1. The zero-order valence-corrected chi connectivity index (χ0v) is 24.5. The molecule has 0 unspecified atom stereocenters. The summed E-state index contributed by atoms with van der Waals surface area (Å²) >= 11 is 0. The van der Waals surface area contributed by atoms with Gasteiger partial charge in [-0.25, -0.2) is 27.2 Å². The van der Waals surface area contributed by atoms with Gasteiger partial charge in [-0.2, -0.15) is 0 Å². The van der Waals surface area contributed by atoms with Crippen molar-refractivity contribution in [2.24, 2.45) is 0 Å². The number of aromatic nitrogens is 4. The average Bonchev–Trinajstić information content (AvgIpc) is 3.33. The summed E-state index contributed by atoms with van der Waals surface area (Å²) in [5.41, 5.74) is 1.33. The SMILES string of the molecule is CCCS(=O)(=O)Cc1ccc(F)c(-n2cc(-c3cncc(OC)c3)c3nc(N(C)C4CCN(C)CC4)cnc32)c1F. The number of nitrogens with zero attached hydrogens (tertiary/aromatic N) is 6. The highest BCUT2D eigenvalue weighted by molar-refractivity contribution is 7.90. The van der Waals surface area contributed by atoms with Crippen molar-refractivity contribution in [3.05, 3.63) is 60.2 Å². The minimum absolute atomic E-state index is 0.0857. The van der Waals surface area contributed by atoms with E-state index in [1.807, 2.05) is 7.05 Å². The lowest BCUT2D eigenvalue weighted by Crippen LogP contribution is -2.42. The predicted molar refractivity (Wildman–Crippen MR) is 155 cm³/mol. The van der Waals surface area contributed by atoms with Crippen LogP contribution in [0, 0.1) is 11.6 Å². The number of fused-ring (bicyclic) bond motifs is 1. The van der Waals surface area contributed by atoms with E-state index in [0.29, 0.717) is 34.6 Å². The second-order valence-corrected chi connectivity index (χ2v) is 12.7. The van der Waals surface area contributed by atoms with Crippen molar-refractivity contribution in [1.82, 2.24) is 24.4 Å². The van der Waals surface area contributed by atoms with Crippen LogP contribution in [0.25, 0.3) is 28.0 Å². The van der Waals surface area contributed by atoms with Crippen LogP contribution >= 0.6 is 0 Å². The molecule has 41 heavy (non-hydrogen) atoms. The molecule has 1 aliphatic rings. The van der Waals surface area contributed by atoms with Gasteiger partial charge in [0.05, 0.1) is 31.0 Å². The molecule has 0 aliphatic carbocycles. The van der Waals surface area contributed by atoms with E-state index in [2.05, 4.69) is 26.8 Å². The number of benzene rings is 1. The minimum Gasteiger partial charge on any atom is -0.495 e. The monoisotopic (exact) mass is 584 g/mol. The Labute approximate surface area is 238 Å². The van der Waals surface area contributed by atoms with Crippen LogP contribution in [0.5, 0.6) is 5.75 Å². The summed E-state index contributed by atoms with van der Waals surface area (Å²) in [4.78, 5) is 18.2. The number of methoxy groups -OCH3 is 1. The third-order valence-corrected chi connectivity index (χ3v) is 9.40. The fourth-order valence-electron chi connectivity index (χ4n) is 5.32. The molecule has 0 radical (unpaired) electrons. The number of halogens is 2. The molecule has 3 aromatic heterocycles. The van der Waals surface area contributed by atoms with Crippen LogP contribution in [-0.2, 0) is 15.6 Å². The van der Waals surface area contributed by atoms with E-state index in [1.165, 1.54) is 17.7 Å². The molecule has 1 fully saturated rings. The van der Waals surface area contributed by atoms with Gasteiger partial charge in [-0.05, 0) is 51.5 Å². The van der Waals surface area contributed by atoms with Crippen LogP contribution in [0.2, 0.25) is 0 Å². The first-order valence-corrected chi connectivity index (χ1v) is 15.4. The standard InChI is InChI=1S/C29H34F2N6O3S/c1-5-12-41(38,39)18-19-6-7-24(30)28(26(19)31)37-17-23(20-13-22(40-4)15-32-14-20)27-29(37)33-16-25(34-27)36(3)21-8-10-35(2)11-9-21/h6-7,13-17,21H,5,8-12,18H2,1-4H3. The van der Waals surface area contributed by atoms with Gasteiger partial charge in [0.15, 0.2) is 21.3 Å². The highest BCUT2D eigenvalue weighted by atomic mass is 32.2. The van der Waals surface area contributed by atoms with E-state index >= 15 is 8.78 Å². The zero-order chi connectivity index (χ0) is 29.3. The molecule has 4 heterocycles. The average molecular weight is 585 g/mol. The van der Waals surface area contributed by atoms with Crippen LogP contribution in [0.15, 0.2) is 43.0 Å². The first-order valence-electron chi connectivity index (χ1n) is 13.6. The summed E-state index contributed by atoms with van der Waals surface area (Å²) in [6.45, 7) is 3.69. The van der Waals surface area contributed by atoms with Gasteiger partial charge >= 0.3 is 0 Å². The lowest BCUT2D eigenvalue weighted by Gasteiger charge is -2.35. The maximum atomic E-state index is 15.9. The Hall–Kier alpha value is -3.64. The Balaban J connectivity index is 1.67. The summed E-state index contributed by atoms with van der Waals surface area (Å²) in [5.74, 6) is -1.26. The molecule has 0 spiro atoms. The van der Waals surface area contributed by atoms with Crippen molar-refractivity contribution in [2.45, 2.75) is 38.0 Å². The molecule has 12 heteroatoms.